The number of hydrogen-bond donors (Lipinski definition) is 2. The topological polar surface area (TPSA) is 196 Å². The van der Waals surface area contributed by atoms with Crippen LogP contribution in [0.5, 0.6) is 11.5 Å². The largest absolute Gasteiger partial charge is 0.460 e. The van der Waals surface area contributed by atoms with Crippen LogP contribution in [-0.4, -0.2) is 98.6 Å². The summed E-state index contributed by atoms with van der Waals surface area (Å²) in [7, 11) is 0. The van der Waals surface area contributed by atoms with Crippen molar-refractivity contribution in [1.29, 1.82) is 0 Å². The molecule has 2 aliphatic heterocycles. The third kappa shape index (κ3) is 7.83. The number of rotatable bonds is 16. The molecule has 0 aromatic heterocycles. The predicted molar refractivity (Wildman–Crippen MR) is 184 cm³/mol. The summed E-state index contributed by atoms with van der Waals surface area (Å²) < 4.78 is 26.3. The number of fused-ring (bicyclic) bond motifs is 2. The quantitative estimate of drug-likeness (QED) is 0.0970. The number of carbonyl (C=O) groups is 6. The Morgan fingerprint density at radius 1 is 0.472 bits per heavy atom. The fourth-order valence-corrected chi connectivity index (χ4v) is 5.55. The number of imide groups is 2. The predicted octanol–water partition coefficient (Wildman–Crippen LogP) is 3.41. The van der Waals surface area contributed by atoms with E-state index in [1.54, 1.807) is 24.3 Å². The van der Waals surface area contributed by atoms with Gasteiger partial charge in [-0.1, -0.05) is 0 Å². The molecule has 0 spiro atoms. The highest BCUT2D eigenvalue weighted by Crippen LogP contribution is 2.34. The van der Waals surface area contributed by atoms with Crippen molar-refractivity contribution in [2.24, 2.45) is 0 Å². The van der Waals surface area contributed by atoms with Crippen LogP contribution in [0.1, 0.15) is 62.1 Å². The minimum absolute atomic E-state index is 0.0481. The Hall–Kier alpha value is -6.26. The summed E-state index contributed by atoms with van der Waals surface area (Å²) >= 11 is 0. The molecular weight excluding hydrogens is 692 g/mol. The van der Waals surface area contributed by atoms with E-state index in [-0.39, 0.29) is 97.6 Å². The molecule has 0 bridgehead atoms. The molecule has 0 saturated heterocycles. The van der Waals surface area contributed by atoms with Crippen LogP contribution in [0, 0.1) is 0 Å². The second kappa shape index (κ2) is 16.4. The van der Waals surface area contributed by atoms with Crippen molar-refractivity contribution in [2.75, 3.05) is 62.7 Å². The zero-order valence-corrected chi connectivity index (χ0v) is 28.0. The number of aliphatic hydroxyl groups is 2. The van der Waals surface area contributed by atoms with E-state index in [0.717, 1.165) is 9.80 Å². The second-order valence-corrected chi connectivity index (χ2v) is 11.4. The summed E-state index contributed by atoms with van der Waals surface area (Å²) in [5.74, 6) is -2.99. The lowest BCUT2D eigenvalue weighted by molar-refractivity contribution is 0.0253. The van der Waals surface area contributed by atoms with E-state index in [4.69, 9.17) is 33.9 Å². The SMILES string of the molecule is O=C(OCCOCCO)c1ccc2c(c1)C(=O)N(c1ccc(Oc3ccc(N4C(=O)c5ccc(C(=O)OCCOCCO)cc5C4=O)cc3)cc1)C2=O. The van der Waals surface area contributed by atoms with Crippen molar-refractivity contribution < 1.29 is 62.7 Å². The van der Waals surface area contributed by atoms with Gasteiger partial charge < -0.3 is 33.9 Å². The smallest absolute Gasteiger partial charge is 0.338 e. The number of carbonyl (C=O) groups excluding carboxylic acids is 6. The molecule has 272 valence electrons. The van der Waals surface area contributed by atoms with Gasteiger partial charge in [0, 0.05) is 0 Å². The Morgan fingerprint density at radius 3 is 1.23 bits per heavy atom. The first kappa shape index (κ1) is 36.5. The van der Waals surface area contributed by atoms with Gasteiger partial charge in [0.2, 0.25) is 0 Å². The van der Waals surface area contributed by atoms with Crippen LogP contribution < -0.4 is 14.5 Å². The number of amides is 4. The van der Waals surface area contributed by atoms with Crippen LogP contribution in [0.25, 0.3) is 0 Å². The fourth-order valence-electron chi connectivity index (χ4n) is 5.55. The van der Waals surface area contributed by atoms with Crippen molar-refractivity contribution in [3.8, 4) is 11.5 Å². The summed E-state index contributed by atoms with van der Waals surface area (Å²) in [6.07, 6.45) is 0. The number of benzene rings is 4. The molecular formula is C38H32N2O13. The molecule has 4 aromatic rings. The summed E-state index contributed by atoms with van der Waals surface area (Å²) in [6, 6.07) is 20.6. The van der Waals surface area contributed by atoms with Gasteiger partial charge in [-0.05, 0) is 84.9 Å². The fraction of sp³-hybridized carbons (Fsp3) is 0.211. The van der Waals surface area contributed by atoms with Crippen molar-refractivity contribution in [3.05, 3.63) is 118 Å². The number of aliphatic hydroxyl groups excluding tert-OH is 2. The second-order valence-electron chi connectivity index (χ2n) is 11.4. The van der Waals surface area contributed by atoms with Crippen LogP contribution in [0.2, 0.25) is 0 Å². The average Bonchev–Trinajstić information content (AvgIpc) is 3.58. The molecule has 2 heterocycles. The maximum Gasteiger partial charge on any atom is 0.338 e. The van der Waals surface area contributed by atoms with Crippen LogP contribution in [-0.2, 0) is 18.9 Å². The Morgan fingerprint density at radius 2 is 0.849 bits per heavy atom. The molecule has 2 aliphatic rings. The van der Waals surface area contributed by atoms with E-state index in [1.807, 2.05) is 0 Å². The summed E-state index contributed by atoms with van der Waals surface area (Å²) in [4.78, 5) is 79.7. The minimum atomic E-state index is -0.690. The Balaban J connectivity index is 1.06. The van der Waals surface area contributed by atoms with Gasteiger partial charge in [-0.25, -0.2) is 19.4 Å². The number of ether oxygens (including phenoxy) is 5. The van der Waals surface area contributed by atoms with Crippen LogP contribution >= 0.6 is 0 Å². The summed E-state index contributed by atoms with van der Waals surface area (Å²) in [5, 5.41) is 17.5. The van der Waals surface area contributed by atoms with Crippen LogP contribution in [0.4, 0.5) is 11.4 Å². The van der Waals surface area contributed by atoms with Gasteiger partial charge in [0.15, 0.2) is 0 Å². The Bertz CT molecular complexity index is 1910. The normalized spacial score (nSPS) is 13.3. The molecule has 15 nitrogen and oxygen atoms in total. The van der Waals surface area contributed by atoms with Gasteiger partial charge in [-0.15, -0.1) is 0 Å². The number of anilines is 2. The highest BCUT2D eigenvalue weighted by molar-refractivity contribution is 6.35. The highest BCUT2D eigenvalue weighted by Gasteiger charge is 2.38. The van der Waals surface area contributed by atoms with E-state index in [2.05, 4.69) is 0 Å². The summed E-state index contributed by atoms with van der Waals surface area (Å²) in [6.45, 7) is 0.00892. The molecule has 0 unspecified atom stereocenters. The van der Waals surface area contributed by atoms with E-state index in [0.29, 0.717) is 11.5 Å². The van der Waals surface area contributed by atoms with Crippen molar-refractivity contribution >= 4 is 46.9 Å². The van der Waals surface area contributed by atoms with E-state index in [1.165, 1.54) is 60.7 Å². The van der Waals surface area contributed by atoms with Gasteiger partial charge in [0.05, 0.1) is 84.4 Å². The standard InChI is InChI=1S/C38H32N2O13/c41-13-15-49-17-19-51-37(47)23-1-11-29-31(21-23)35(45)39(33(29)43)25-3-7-27(8-4-25)53-28-9-5-26(6-10-28)40-34(44)30-12-2-24(22-32(30)36(40)46)38(48)52-20-18-50-16-14-42/h1-12,21-22,41-42H,13-20H2. The van der Waals surface area contributed by atoms with Gasteiger partial charge in [0.25, 0.3) is 23.6 Å². The minimum Gasteiger partial charge on any atom is -0.460 e. The molecule has 6 rings (SSSR count). The first-order chi connectivity index (χ1) is 25.7. The molecule has 0 atom stereocenters. The monoisotopic (exact) mass is 724 g/mol. The third-order valence-corrected chi connectivity index (χ3v) is 8.06. The molecule has 15 heteroatoms. The first-order valence-corrected chi connectivity index (χ1v) is 16.4. The van der Waals surface area contributed by atoms with Gasteiger partial charge >= 0.3 is 11.9 Å². The lowest BCUT2D eigenvalue weighted by Gasteiger charge is -2.16. The van der Waals surface area contributed by atoms with Gasteiger partial charge in [0.1, 0.15) is 24.7 Å². The molecule has 2 N–H and O–H groups in total. The van der Waals surface area contributed by atoms with E-state index >= 15 is 0 Å². The first-order valence-electron chi connectivity index (χ1n) is 16.4. The van der Waals surface area contributed by atoms with Crippen LogP contribution in [0.3, 0.4) is 0 Å². The molecule has 0 fully saturated rings. The van der Waals surface area contributed by atoms with Crippen molar-refractivity contribution in [1.82, 2.24) is 0 Å². The molecule has 0 saturated carbocycles. The maximum atomic E-state index is 13.3. The zero-order valence-electron chi connectivity index (χ0n) is 28.0. The summed E-state index contributed by atoms with van der Waals surface area (Å²) in [5.41, 5.74) is 1.12. The van der Waals surface area contributed by atoms with E-state index < -0.39 is 35.6 Å². The molecule has 0 radical (unpaired) electrons. The highest BCUT2D eigenvalue weighted by atomic mass is 16.6. The number of nitrogens with zero attached hydrogens (tertiary/aromatic N) is 2. The molecule has 53 heavy (non-hydrogen) atoms. The zero-order chi connectivity index (χ0) is 37.5. The lowest BCUT2D eigenvalue weighted by atomic mass is 10.1. The maximum absolute atomic E-state index is 13.3. The molecule has 4 amide bonds. The van der Waals surface area contributed by atoms with Gasteiger partial charge in [-0.3, -0.25) is 19.2 Å². The third-order valence-electron chi connectivity index (χ3n) is 8.06. The average molecular weight is 725 g/mol. The van der Waals surface area contributed by atoms with Crippen LogP contribution in [0.15, 0.2) is 84.9 Å². The number of esters is 2. The van der Waals surface area contributed by atoms with Crippen molar-refractivity contribution in [2.45, 2.75) is 0 Å². The molecule has 0 aliphatic carbocycles. The molecule has 4 aromatic carbocycles. The van der Waals surface area contributed by atoms with Gasteiger partial charge in [-0.2, -0.15) is 0 Å². The number of hydrogen-bond acceptors (Lipinski definition) is 13. The van der Waals surface area contributed by atoms with E-state index in [9.17, 15) is 28.8 Å². The Labute approximate surface area is 301 Å². The van der Waals surface area contributed by atoms with Crippen molar-refractivity contribution in [3.63, 3.8) is 0 Å². The lowest BCUT2D eigenvalue weighted by Crippen LogP contribution is -2.29. The Kier molecular flexibility index (Phi) is 11.3.